The Kier molecular flexibility index (Phi) is 2.91. The van der Waals surface area contributed by atoms with Gasteiger partial charge in [0.05, 0.1) is 16.3 Å². The summed E-state index contributed by atoms with van der Waals surface area (Å²) in [5, 5.41) is 0.613. The molecule has 1 aromatic heterocycles. The molecule has 0 aliphatic carbocycles. The van der Waals surface area contributed by atoms with E-state index in [0.29, 0.717) is 11.4 Å². The van der Waals surface area contributed by atoms with Gasteiger partial charge in [-0.25, -0.2) is 4.98 Å². The monoisotopic (exact) mass is 247 g/mol. The first-order valence-electron chi connectivity index (χ1n) is 5.83. The Morgan fingerprint density at radius 2 is 2.35 bits per heavy atom. The molecule has 3 rings (SSSR count). The standard InChI is InChI=1S/C13H13NO2S/c15-11(8-9-4-3-7-16-9)13-14-10-5-1-2-6-12(10)17-13/h1-2,5-6,9H,3-4,7-8H2. The number of ketones is 1. The lowest BCUT2D eigenvalue weighted by atomic mass is 10.1. The molecule has 1 unspecified atom stereocenters. The lowest BCUT2D eigenvalue weighted by Crippen LogP contribution is -2.12. The number of carbonyl (C=O) groups excluding carboxylic acids is 1. The molecular weight excluding hydrogens is 234 g/mol. The summed E-state index contributed by atoms with van der Waals surface area (Å²) in [5.41, 5.74) is 0.910. The topological polar surface area (TPSA) is 39.2 Å². The number of hydrogen-bond donors (Lipinski definition) is 0. The molecule has 1 aliphatic heterocycles. The van der Waals surface area contributed by atoms with Crippen molar-refractivity contribution >= 4 is 27.3 Å². The number of carbonyl (C=O) groups is 1. The number of para-hydroxylation sites is 1. The first-order valence-corrected chi connectivity index (χ1v) is 6.65. The van der Waals surface area contributed by atoms with Crippen LogP contribution in [0.5, 0.6) is 0 Å². The van der Waals surface area contributed by atoms with Crippen molar-refractivity contribution in [3.05, 3.63) is 29.3 Å². The highest BCUT2D eigenvalue weighted by atomic mass is 32.1. The van der Waals surface area contributed by atoms with Gasteiger partial charge in [-0.1, -0.05) is 12.1 Å². The molecule has 0 bridgehead atoms. The van der Waals surface area contributed by atoms with Gasteiger partial charge in [-0.3, -0.25) is 4.79 Å². The SMILES string of the molecule is O=C(CC1CCCO1)c1nc2ccccc2s1. The first-order chi connectivity index (χ1) is 8.33. The number of benzene rings is 1. The van der Waals surface area contributed by atoms with Gasteiger partial charge in [-0.15, -0.1) is 11.3 Å². The highest BCUT2D eigenvalue weighted by Crippen LogP contribution is 2.24. The van der Waals surface area contributed by atoms with Crippen LogP contribution in [0.15, 0.2) is 24.3 Å². The molecule has 2 aromatic rings. The fourth-order valence-corrected chi connectivity index (χ4v) is 3.01. The van der Waals surface area contributed by atoms with Gasteiger partial charge in [-0.2, -0.15) is 0 Å². The van der Waals surface area contributed by atoms with E-state index in [1.165, 1.54) is 11.3 Å². The zero-order chi connectivity index (χ0) is 11.7. The van der Waals surface area contributed by atoms with Crippen molar-refractivity contribution in [3.8, 4) is 0 Å². The second kappa shape index (κ2) is 4.55. The molecule has 0 N–H and O–H groups in total. The van der Waals surface area contributed by atoms with E-state index in [4.69, 9.17) is 4.74 Å². The molecule has 2 heterocycles. The Morgan fingerprint density at radius 3 is 3.12 bits per heavy atom. The molecule has 1 aliphatic rings. The third-order valence-corrected chi connectivity index (χ3v) is 4.05. The molecule has 17 heavy (non-hydrogen) atoms. The van der Waals surface area contributed by atoms with E-state index in [1.54, 1.807) is 0 Å². The van der Waals surface area contributed by atoms with Gasteiger partial charge >= 0.3 is 0 Å². The van der Waals surface area contributed by atoms with Gasteiger partial charge < -0.3 is 4.74 Å². The number of aromatic nitrogens is 1. The molecule has 0 radical (unpaired) electrons. The van der Waals surface area contributed by atoms with Crippen molar-refractivity contribution in [1.29, 1.82) is 0 Å². The van der Waals surface area contributed by atoms with Crippen LogP contribution < -0.4 is 0 Å². The Balaban J connectivity index is 1.80. The highest BCUT2D eigenvalue weighted by Gasteiger charge is 2.21. The number of Topliss-reactive ketones (excluding diaryl/α,β-unsaturated/α-hetero) is 1. The third kappa shape index (κ3) is 2.23. The van der Waals surface area contributed by atoms with E-state index in [9.17, 15) is 4.79 Å². The van der Waals surface area contributed by atoms with Gasteiger partial charge in [0.25, 0.3) is 0 Å². The predicted molar refractivity (Wildman–Crippen MR) is 67.5 cm³/mol. The van der Waals surface area contributed by atoms with Gasteiger partial charge in [0.2, 0.25) is 0 Å². The van der Waals surface area contributed by atoms with Crippen LogP contribution in [-0.2, 0) is 4.74 Å². The largest absolute Gasteiger partial charge is 0.378 e. The summed E-state index contributed by atoms with van der Waals surface area (Å²) in [6.45, 7) is 0.789. The van der Waals surface area contributed by atoms with Crippen molar-refractivity contribution in [2.24, 2.45) is 0 Å². The molecule has 0 saturated carbocycles. The predicted octanol–water partition coefficient (Wildman–Crippen LogP) is 3.05. The Hall–Kier alpha value is -1.26. The van der Waals surface area contributed by atoms with E-state index in [1.807, 2.05) is 24.3 Å². The molecule has 4 heteroatoms. The van der Waals surface area contributed by atoms with E-state index in [2.05, 4.69) is 4.98 Å². The van der Waals surface area contributed by atoms with Crippen molar-refractivity contribution in [1.82, 2.24) is 4.98 Å². The second-order valence-corrected chi connectivity index (χ2v) is 5.28. The summed E-state index contributed by atoms with van der Waals surface area (Å²) in [7, 11) is 0. The van der Waals surface area contributed by atoms with Crippen LogP contribution in [0.2, 0.25) is 0 Å². The zero-order valence-corrected chi connectivity index (χ0v) is 10.2. The number of thiazole rings is 1. The maximum absolute atomic E-state index is 12.0. The maximum Gasteiger partial charge on any atom is 0.194 e. The smallest absolute Gasteiger partial charge is 0.194 e. The van der Waals surface area contributed by atoms with Crippen molar-refractivity contribution in [2.75, 3.05) is 6.61 Å². The molecule has 1 fully saturated rings. The Labute approximate surface area is 103 Å². The summed E-state index contributed by atoms with van der Waals surface area (Å²) in [6, 6.07) is 7.84. The Morgan fingerprint density at radius 1 is 1.47 bits per heavy atom. The molecule has 3 nitrogen and oxygen atoms in total. The number of fused-ring (bicyclic) bond motifs is 1. The fraction of sp³-hybridized carbons (Fsp3) is 0.385. The summed E-state index contributed by atoms with van der Waals surface area (Å²) in [6.07, 6.45) is 2.64. The Bertz CT molecular complexity index is 510. The lowest BCUT2D eigenvalue weighted by Gasteiger charge is -2.05. The minimum absolute atomic E-state index is 0.106. The van der Waals surface area contributed by atoms with E-state index in [-0.39, 0.29) is 11.9 Å². The fourth-order valence-electron chi connectivity index (χ4n) is 2.09. The van der Waals surface area contributed by atoms with E-state index in [0.717, 1.165) is 29.7 Å². The number of ether oxygens (including phenoxy) is 1. The average molecular weight is 247 g/mol. The molecule has 0 amide bonds. The van der Waals surface area contributed by atoms with E-state index >= 15 is 0 Å². The van der Waals surface area contributed by atoms with Gasteiger partial charge in [0, 0.05) is 13.0 Å². The summed E-state index contributed by atoms with van der Waals surface area (Å²) < 4.78 is 6.55. The zero-order valence-electron chi connectivity index (χ0n) is 9.39. The van der Waals surface area contributed by atoms with Crippen LogP contribution in [0, 0.1) is 0 Å². The third-order valence-electron chi connectivity index (χ3n) is 2.97. The van der Waals surface area contributed by atoms with Gasteiger partial charge in [0.1, 0.15) is 0 Å². The molecule has 1 aromatic carbocycles. The van der Waals surface area contributed by atoms with Crippen LogP contribution in [0.4, 0.5) is 0 Å². The number of rotatable bonds is 3. The molecule has 0 spiro atoms. The van der Waals surface area contributed by atoms with E-state index < -0.39 is 0 Å². The highest BCUT2D eigenvalue weighted by molar-refractivity contribution is 7.20. The quantitative estimate of drug-likeness (QED) is 0.782. The van der Waals surface area contributed by atoms with Crippen molar-refractivity contribution in [3.63, 3.8) is 0 Å². The van der Waals surface area contributed by atoms with Crippen LogP contribution in [0.3, 0.4) is 0 Å². The minimum Gasteiger partial charge on any atom is -0.378 e. The summed E-state index contributed by atoms with van der Waals surface area (Å²) in [4.78, 5) is 16.4. The first kappa shape index (κ1) is 10.9. The van der Waals surface area contributed by atoms with Crippen LogP contribution in [0.1, 0.15) is 29.1 Å². The minimum atomic E-state index is 0.106. The summed E-state index contributed by atoms with van der Waals surface area (Å²) >= 11 is 1.47. The van der Waals surface area contributed by atoms with Crippen molar-refractivity contribution < 1.29 is 9.53 Å². The second-order valence-electron chi connectivity index (χ2n) is 4.25. The maximum atomic E-state index is 12.0. The molecule has 1 atom stereocenters. The molecule has 88 valence electrons. The number of hydrogen-bond acceptors (Lipinski definition) is 4. The number of nitrogens with zero attached hydrogens (tertiary/aromatic N) is 1. The lowest BCUT2D eigenvalue weighted by molar-refractivity contribution is 0.0775. The van der Waals surface area contributed by atoms with Gasteiger partial charge in [-0.05, 0) is 25.0 Å². The molecular formula is C13H13NO2S. The average Bonchev–Trinajstić information content (AvgIpc) is 2.96. The summed E-state index contributed by atoms with van der Waals surface area (Å²) in [5.74, 6) is 0.109. The van der Waals surface area contributed by atoms with Crippen LogP contribution in [0.25, 0.3) is 10.2 Å². The molecule has 1 saturated heterocycles. The van der Waals surface area contributed by atoms with Gasteiger partial charge in [0.15, 0.2) is 10.8 Å². The normalized spacial score (nSPS) is 19.9. The van der Waals surface area contributed by atoms with Crippen LogP contribution >= 0.6 is 11.3 Å². The van der Waals surface area contributed by atoms with Crippen LogP contribution in [-0.4, -0.2) is 23.5 Å². The van der Waals surface area contributed by atoms with Crippen molar-refractivity contribution in [2.45, 2.75) is 25.4 Å².